The Labute approximate surface area is 143 Å². The highest BCUT2D eigenvalue weighted by Gasteiger charge is 2.37. The minimum absolute atomic E-state index is 0.00200. The SMILES string of the molecule is CC(C)[C@@H](C)N(C(=O)NC[C@H]1CC(=O)Nc2ccccc21)C1CC1. The van der Waals surface area contributed by atoms with Crippen LogP contribution in [0.3, 0.4) is 0 Å². The Bertz CT molecular complexity index is 625. The van der Waals surface area contributed by atoms with Crippen LogP contribution in [0, 0.1) is 5.92 Å². The number of amides is 3. The summed E-state index contributed by atoms with van der Waals surface area (Å²) in [6, 6.07) is 8.44. The first-order valence-corrected chi connectivity index (χ1v) is 8.92. The third kappa shape index (κ3) is 3.55. The lowest BCUT2D eigenvalue weighted by Gasteiger charge is -2.33. The van der Waals surface area contributed by atoms with Crippen molar-refractivity contribution in [1.82, 2.24) is 10.2 Å². The van der Waals surface area contributed by atoms with Crippen LogP contribution >= 0.6 is 0 Å². The fourth-order valence-corrected chi connectivity index (χ4v) is 3.34. The largest absolute Gasteiger partial charge is 0.337 e. The van der Waals surface area contributed by atoms with Gasteiger partial charge in [0.05, 0.1) is 0 Å². The van der Waals surface area contributed by atoms with E-state index in [4.69, 9.17) is 0 Å². The van der Waals surface area contributed by atoms with Crippen LogP contribution in [0.4, 0.5) is 10.5 Å². The number of nitrogens with one attached hydrogen (secondary N) is 2. The Morgan fingerprint density at radius 3 is 2.67 bits per heavy atom. The zero-order chi connectivity index (χ0) is 17.3. The molecule has 3 rings (SSSR count). The van der Waals surface area contributed by atoms with E-state index in [0.29, 0.717) is 24.9 Å². The van der Waals surface area contributed by atoms with Crippen LogP contribution in [0.25, 0.3) is 0 Å². The molecule has 0 unspecified atom stereocenters. The average Bonchev–Trinajstić information content (AvgIpc) is 3.37. The molecule has 1 aliphatic heterocycles. The number of para-hydroxylation sites is 1. The quantitative estimate of drug-likeness (QED) is 0.870. The van der Waals surface area contributed by atoms with E-state index >= 15 is 0 Å². The molecule has 0 saturated heterocycles. The molecule has 0 radical (unpaired) electrons. The van der Waals surface area contributed by atoms with Crippen molar-refractivity contribution in [3.63, 3.8) is 0 Å². The van der Waals surface area contributed by atoms with Crippen LogP contribution in [0.2, 0.25) is 0 Å². The molecular formula is C19H27N3O2. The van der Waals surface area contributed by atoms with E-state index in [-0.39, 0.29) is 23.9 Å². The van der Waals surface area contributed by atoms with Crippen LogP contribution in [0.15, 0.2) is 24.3 Å². The molecule has 2 aliphatic rings. The predicted octanol–water partition coefficient (Wildman–Crippen LogP) is 3.33. The molecule has 130 valence electrons. The summed E-state index contributed by atoms with van der Waals surface area (Å²) in [5.41, 5.74) is 1.97. The molecule has 1 heterocycles. The average molecular weight is 329 g/mol. The number of carbonyl (C=O) groups excluding carboxylic acids is 2. The normalized spacial score (nSPS) is 21.0. The first kappa shape index (κ1) is 16.8. The van der Waals surface area contributed by atoms with Gasteiger partial charge in [0.25, 0.3) is 0 Å². The maximum absolute atomic E-state index is 12.7. The highest BCUT2D eigenvalue weighted by atomic mass is 16.2. The smallest absolute Gasteiger partial charge is 0.317 e. The van der Waals surface area contributed by atoms with Crippen molar-refractivity contribution in [3.8, 4) is 0 Å². The summed E-state index contributed by atoms with van der Waals surface area (Å²) in [7, 11) is 0. The van der Waals surface area contributed by atoms with Gasteiger partial charge in [-0.1, -0.05) is 32.0 Å². The second-order valence-electron chi connectivity index (χ2n) is 7.35. The summed E-state index contributed by atoms with van der Waals surface area (Å²) in [6.45, 7) is 6.91. The topological polar surface area (TPSA) is 61.4 Å². The summed E-state index contributed by atoms with van der Waals surface area (Å²) in [5.74, 6) is 0.481. The summed E-state index contributed by atoms with van der Waals surface area (Å²) in [4.78, 5) is 26.6. The fraction of sp³-hybridized carbons (Fsp3) is 0.579. The fourth-order valence-electron chi connectivity index (χ4n) is 3.34. The van der Waals surface area contributed by atoms with Gasteiger partial charge in [-0.15, -0.1) is 0 Å². The van der Waals surface area contributed by atoms with E-state index in [2.05, 4.69) is 31.4 Å². The number of benzene rings is 1. The van der Waals surface area contributed by atoms with Crippen molar-refractivity contribution >= 4 is 17.6 Å². The third-order valence-electron chi connectivity index (χ3n) is 5.18. The number of nitrogens with zero attached hydrogens (tertiary/aromatic N) is 1. The van der Waals surface area contributed by atoms with E-state index in [1.54, 1.807) is 0 Å². The van der Waals surface area contributed by atoms with Gasteiger partial charge in [-0.25, -0.2) is 4.79 Å². The zero-order valence-corrected chi connectivity index (χ0v) is 14.7. The Kier molecular flexibility index (Phi) is 4.78. The molecule has 24 heavy (non-hydrogen) atoms. The van der Waals surface area contributed by atoms with E-state index in [1.807, 2.05) is 29.2 Å². The van der Waals surface area contributed by atoms with Gasteiger partial charge in [0.15, 0.2) is 0 Å². The Morgan fingerprint density at radius 2 is 2.00 bits per heavy atom. The lowest BCUT2D eigenvalue weighted by molar-refractivity contribution is -0.116. The molecule has 5 nitrogen and oxygen atoms in total. The van der Waals surface area contributed by atoms with Gasteiger partial charge < -0.3 is 15.5 Å². The predicted molar refractivity (Wildman–Crippen MR) is 95.0 cm³/mol. The molecule has 1 saturated carbocycles. The van der Waals surface area contributed by atoms with Crippen LogP contribution in [-0.4, -0.2) is 35.5 Å². The second-order valence-corrected chi connectivity index (χ2v) is 7.35. The van der Waals surface area contributed by atoms with Gasteiger partial charge >= 0.3 is 6.03 Å². The Hall–Kier alpha value is -2.04. The van der Waals surface area contributed by atoms with Gasteiger partial charge in [0.2, 0.25) is 5.91 Å². The lowest BCUT2D eigenvalue weighted by Crippen LogP contribution is -2.49. The van der Waals surface area contributed by atoms with Crippen molar-refractivity contribution in [2.45, 2.75) is 58.0 Å². The molecule has 2 atom stereocenters. The van der Waals surface area contributed by atoms with Crippen molar-refractivity contribution < 1.29 is 9.59 Å². The van der Waals surface area contributed by atoms with Gasteiger partial charge in [-0.2, -0.15) is 0 Å². The van der Waals surface area contributed by atoms with E-state index in [1.165, 1.54) is 0 Å². The number of urea groups is 1. The standard InChI is InChI=1S/C19H27N3O2/c1-12(2)13(3)22(15-8-9-15)19(24)20-11-14-10-18(23)21-17-7-5-4-6-16(14)17/h4-7,12-15H,8-11H2,1-3H3,(H,20,24)(H,21,23)/t13-,14-/m1/s1. The number of anilines is 1. The molecule has 1 fully saturated rings. The van der Waals surface area contributed by atoms with Crippen LogP contribution in [-0.2, 0) is 4.79 Å². The molecule has 1 aromatic carbocycles. The Balaban J connectivity index is 1.66. The molecule has 0 spiro atoms. The summed E-state index contributed by atoms with van der Waals surface area (Å²) >= 11 is 0. The summed E-state index contributed by atoms with van der Waals surface area (Å²) in [6.07, 6.45) is 2.61. The van der Waals surface area contributed by atoms with E-state index < -0.39 is 0 Å². The first-order chi connectivity index (χ1) is 11.5. The molecule has 1 aliphatic carbocycles. The Morgan fingerprint density at radius 1 is 1.29 bits per heavy atom. The molecule has 5 heteroatoms. The highest BCUT2D eigenvalue weighted by molar-refractivity contribution is 5.94. The monoisotopic (exact) mass is 329 g/mol. The lowest BCUT2D eigenvalue weighted by atomic mass is 9.90. The molecular weight excluding hydrogens is 302 g/mol. The summed E-state index contributed by atoms with van der Waals surface area (Å²) < 4.78 is 0. The number of rotatable bonds is 5. The number of carbonyl (C=O) groups is 2. The van der Waals surface area contributed by atoms with Gasteiger partial charge in [0, 0.05) is 36.7 Å². The number of fused-ring (bicyclic) bond motifs is 1. The maximum Gasteiger partial charge on any atom is 0.317 e. The van der Waals surface area contributed by atoms with Crippen LogP contribution in [0.5, 0.6) is 0 Å². The third-order valence-corrected chi connectivity index (χ3v) is 5.18. The van der Waals surface area contributed by atoms with Crippen molar-refractivity contribution in [2.75, 3.05) is 11.9 Å². The van der Waals surface area contributed by atoms with Gasteiger partial charge in [-0.3, -0.25) is 4.79 Å². The molecule has 0 aromatic heterocycles. The second kappa shape index (κ2) is 6.83. The molecule has 3 amide bonds. The van der Waals surface area contributed by atoms with Crippen LogP contribution < -0.4 is 10.6 Å². The molecule has 0 bridgehead atoms. The van der Waals surface area contributed by atoms with Crippen molar-refractivity contribution in [1.29, 1.82) is 0 Å². The van der Waals surface area contributed by atoms with E-state index in [9.17, 15) is 9.59 Å². The van der Waals surface area contributed by atoms with Gasteiger partial charge in [-0.05, 0) is 37.3 Å². The highest BCUT2D eigenvalue weighted by Crippen LogP contribution is 2.33. The first-order valence-electron chi connectivity index (χ1n) is 8.92. The van der Waals surface area contributed by atoms with E-state index in [0.717, 1.165) is 24.1 Å². The number of hydrogen-bond donors (Lipinski definition) is 2. The molecule has 2 N–H and O–H groups in total. The zero-order valence-electron chi connectivity index (χ0n) is 14.7. The van der Waals surface area contributed by atoms with Gasteiger partial charge in [0.1, 0.15) is 0 Å². The molecule has 1 aromatic rings. The minimum atomic E-state index is 0.00200. The minimum Gasteiger partial charge on any atom is -0.337 e. The van der Waals surface area contributed by atoms with Crippen molar-refractivity contribution in [3.05, 3.63) is 29.8 Å². The van der Waals surface area contributed by atoms with Crippen LogP contribution in [0.1, 0.15) is 51.5 Å². The maximum atomic E-state index is 12.7. The summed E-state index contributed by atoms with van der Waals surface area (Å²) in [5, 5.41) is 5.98. The number of hydrogen-bond acceptors (Lipinski definition) is 2. The van der Waals surface area contributed by atoms with Crippen molar-refractivity contribution in [2.24, 2.45) is 5.92 Å².